The van der Waals surface area contributed by atoms with E-state index in [0.29, 0.717) is 26.2 Å². The quantitative estimate of drug-likeness (QED) is 0.294. The summed E-state index contributed by atoms with van der Waals surface area (Å²) in [6.07, 6.45) is 4.80. The van der Waals surface area contributed by atoms with Crippen LogP contribution in [0.2, 0.25) is 0 Å². The van der Waals surface area contributed by atoms with E-state index < -0.39 is 0 Å². The minimum absolute atomic E-state index is 0.0144. The number of nitrogens with zero attached hydrogens (tertiary/aromatic N) is 2. The molecule has 1 aromatic carbocycles. The number of hydrogen-bond donors (Lipinski definition) is 6. The molecule has 11 heteroatoms. The average Bonchev–Trinajstić information content (AvgIpc) is 3.15. The Bertz CT molecular complexity index is 861. The molecule has 0 aliphatic carbocycles. The largest absolute Gasteiger partial charge is 0.492 e. The molecule has 5 rings (SSSR count). The zero-order chi connectivity index (χ0) is 24.0. The van der Waals surface area contributed by atoms with E-state index in [1.54, 1.807) is 0 Å². The molecule has 0 bridgehead atoms. The van der Waals surface area contributed by atoms with Crippen LogP contribution in [0.4, 0.5) is 5.69 Å². The third-order valence-electron chi connectivity index (χ3n) is 7.31. The zero-order valence-corrected chi connectivity index (χ0v) is 20.2. The predicted octanol–water partition coefficient (Wildman–Crippen LogP) is -0.793. The number of carbonyl (C=O) groups is 2. The van der Waals surface area contributed by atoms with Crippen LogP contribution < -0.4 is 36.9 Å². The monoisotopic (exact) mass is 486 g/mol. The van der Waals surface area contributed by atoms with Crippen molar-refractivity contribution in [2.24, 2.45) is 5.92 Å². The second kappa shape index (κ2) is 11.5. The van der Waals surface area contributed by atoms with E-state index in [1.807, 2.05) is 24.3 Å². The Hall–Kier alpha value is -2.44. The lowest BCUT2D eigenvalue weighted by Gasteiger charge is -2.48. The van der Waals surface area contributed by atoms with E-state index in [9.17, 15) is 9.59 Å². The van der Waals surface area contributed by atoms with Crippen LogP contribution in [0.25, 0.3) is 0 Å². The summed E-state index contributed by atoms with van der Waals surface area (Å²) in [4.78, 5) is 28.8. The highest BCUT2D eigenvalue weighted by Gasteiger charge is 2.44. The van der Waals surface area contributed by atoms with Crippen LogP contribution in [0.15, 0.2) is 24.3 Å². The molecular weight excluding hydrogens is 448 g/mol. The van der Waals surface area contributed by atoms with Gasteiger partial charge in [-0.25, -0.2) is 5.43 Å². The van der Waals surface area contributed by atoms with Gasteiger partial charge in [0.1, 0.15) is 18.6 Å². The minimum Gasteiger partial charge on any atom is -0.492 e. The third-order valence-corrected chi connectivity index (χ3v) is 7.31. The lowest BCUT2D eigenvalue weighted by Crippen LogP contribution is -2.76. The summed E-state index contributed by atoms with van der Waals surface area (Å²) in [6.45, 7) is 6.03. The van der Waals surface area contributed by atoms with Crippen LogP contribution in [0, 0.1) is 5.92 Å². The molecule has 4 heterocycles. The molecule has 35 heavy (non-hydrogen) atoms. The van der Waals surface area contributed by atoms with Gasteiger partial charge in [0, 0.05) is 51.0 Å². The van der Waals surface area contributed by atoms with Gasteiger partial charge >= 0.3 is 0 Å². The van der Waals surface area contributed by atoms with Crippen molar-refractivity contribution >= 4 is 17.5 Å². The second-order valence-electron chi connectivity index (χ2n) is 9.81. The number of likely N-dealkylation sites (tertiary alicyclic amines) is 1. The molecule has 0 spiro atoms. The molecule has 192 valence electrons. The smallest absolute Gasteiger partial charge is 0.242 e. The van der Waals surface area contributed by atoms with Gasteiger partial charge in [-0.05, 0) is 37.1 Å². The second-order valence-corrected chi connectivity index (χ2v) is 9.81. The molecule has 11 nitrogen and oxygen atoms in total. The molecule has 6 N–H and O–H groups in total. The Morgan fingerprint density at radius 1 is 1.00 bits per heavy atom. The van der Waals surface area contributed by atoms with Crippen molar-refractivity contribution in [1.29, 1.82) is 0 Å². The van der Waals surface area contributed by atoms with Crippen LogP contribution in [0.5, 0.6) is 5.75 Å². The molecule has 1 aromatic rings. The molecule has 4 aliphatic rings. The van der Waals surface area contributed by atoms with Gasteiger partial charge in [0.05, 0.1) is 18.6 Å². The van der Waals surface area contributed by atoms with E-state index in [4.69, 9.17) is 4.74 Å². The van der Waals surface area contributed by atoms with Gasteiger partial charge in [0.2, 0.25) is 11.8 Å². The van der Waals surface area contributed by atoms with Gasteiger partial charge in [-0.15, -0.1) is 0 Å². The summed E-state index contributed by atoms with van der Waals surface area (Å²) < 4.78 is 5.89. The maximum Gasteiger partial charge on any atom is 0.242 e. The number of rotatable bonds is 7. The van der Waals surface area contributed by atoms with E-state index in [-0.39, 0.29) is 36.2 Å². The maximum absolute atomic E-state index is 12.7. The summed E-state index contributed by atoms with van der Waals surface area (Å²) >= 11 is 0. The first-order chi connectivity index (χ1) is 17.2. The lowest BCUT2D eigenvalue weighted by atomic mass is 9.91. The van der Waals surface area contributed by atoms with Crippen molar-refractivity contribution < 1.29 is 14.3 Å². The van der Waals surface area contributed by atoms with Crippen molar-refractivity contribution in [2.45, 2.75) is 44.2 Å². The number of hydrazine groups is 1. The first kappa shape index (κ1) is 24.3. The SMILES string of the molecule is O=C1CN(CCOc2ccc(NC3NC(N4CCCCCC4)NC4CNNC(=O)C43)cc2)CCN1. The van der Waals surface area contributed by atoms with Crippen LogP contribution >= 0.6 is 0 Å². The Morgan fingerprint density at radius 2 is 1.80 bits per heavy atom. The summed E-state index contributed by atoms with van der Waals surface area (Å²) in [7, 11) is 0. The van der Waals surface area contributed by atoms with Crippen LogP contribution in [0.3, 0.4) is 0 Å². The summed E-state index contributed by atoms with van der Waals surface area (Å²) in [6, 6.07) is 7.90. The van der Waals surface area contributed by atoms with Crippen molar-refractivity contribution in [3.63, 3.8) is 0 Å². The fourth-order valence-corrected chi connectivity index (χ4v) is 5.41. The lowest BCUT2D eigenvalue weighted by molar-refractivity contribution is -0.132. The number of fused-ring (bicyclic) bond motifs is 1. The van der Waals surface area contributed by atoms with Gasteiger partial charge in [-0.1, -0.05) is 12.8 Å². The van der Waals surface area contributed by atoms with Crippen LogP contribution in [-0.4, -0.2) is 92.5 Å². The molecule has 4 atom stereocenters. The number of ether oxygens (including phenoxy) is 1. The number of benzene rings is 1. The van der Waals surface area contributed by atoms with E-state index in [0.717, 1.165) is 37.6 Å². The first-order valence-electron chi connectivity index (χ1n) is 12.9. The molecule has 0 radical (unpaired) electrons. The third kappa shape index (κ3) is 6.22. The molecule has 4 aliphatic heterocycles. The highest BCUT2D eigenvalue weighted by molar-refractivity contribution is 5.81. The number of amides is 2. The summed E-state index contributed by atoms with van der Waals surface area (Å²) in [5, 5.41) is 13.7. The molecule has 0 aromatic heterocycles. The van der Waals surface area contributed by atoms with E-state index in [2.05, 4.69) is 41.9 Å². The Kier molecular flexibility index (Phi) is 7.99. The highest BCUT2D eigenvalue weighted by atomic mass is 16.5. The van der Waals surface area contributed by atoms with Crippen molar-refractivity contribution in [3.8, 4) is 5.75 Å². The number of carbonyl (C=O) groups excluding carboxylic acids is 2. The zero-order valence-electron chi connectivity index (χ0n) is 20.2. The predicted molar refractivity (Wildman–Crippen MR) is 132 cm³/mol. The Morgan fingerprint density at radius 3 is 2.57 bits per heavy atom. The summed E-state index contributed by atoms with van der Waals surface area (Å²) in [5.41, 5.74) is 6.76. The van der Waals surface area contributed by atoms with Crippen LogP contribution in [0.1, 0.15) is 25.7 Å². The number of hydrogen-bond acceptors (Lipinski definition) is 9. The van der Waals surface area contributed by atoms with Crippen LogP contribution in [-0.2, 0) is 9.59 Å². The van der Waals surface area contributed by atoms with Crippen molar-refractivity contribution in [3.05, 3.63) is 24.3 Å². The van der Waals surface area contributed by atoms with E-state index >= 15 is 0 Å². The fraction of sp³-hybridized carbons (Fsp3) is 0.667. The van der Waals surface area contributed by atoms with Gasteiger partial charge in [0.25, 0.3) is 0 Å². The number of nitrogens with one attached hydrogen (secondary N) is 6. The molecule has 4 fully saturated rings. The van der Waals surface area contributed by atoms with Crippen molar-refractivity contribution in [2.75, 3.05) is 57.7 Å². The van der Waals surface area contributed by atoms with Gasteiger partial charge < -0.3 is 15.4 Å². The normalized spacial score (nSPS) is 30.5. The first-order valence-corrected chi connectivity index (χ1v) is 12.9. The maximum atomic E-state index is 12.7. The average molecular weight is 487 g/mol. The van der Waals surface area contributed by atoms with Crippen molar-refractivity contribution in [1.82, 2.24) is 36.6 Å². The topological polar surface area (TPSA) is 122 Å². The van der Waals surface area contributed by atoms with Gasteiger partial charge in [-0.2, -0.15) is 0 Å². The molecule has 0 saturated carbocycles. The Balaban J connectivity index is 1.18. The highest BCUT2D eigenvalue weighted by Crippen LogP contribution is 2.24. The molecule has 2 amide bonds. The van der Waals surface area contributed by atoms with E-state index in [1.165, 1.54) is 25.7 Å². The number of anilines is 1. The minimum atomic E-state index is -0.239. The summed E-state index contributed by atoms with van der Waals surface area (Å²) in [5.74, 6) is 0.604. The van der Waals surface area contributed by atoms with Gasteiger partial charge in [0.15, 0.2) is 0 Å². The fourth-order valence-electron chi connectivity index (χ4n) is 5.41. The molecular formula is C24H38N8O3. The number of piperazine rings is 1. The standard InChI is InChI=1S/C24H38N8O3/c33-20-16-31(12-9-25-20)13-14-35-18-7-5-17(6-8-18)27-22-21-19(15-26-30-23(21)34)28-24(29-22)32-10-3-1-2-4-11-32/h5-8,19,21-22,24,26-29H,1-4,9-16H2,(H,25,33)(H,30,34). The Labute approximate surface area is 206 Å². The molecule has 4 unspecified atom stereocenters. The molecule has 4 saturated heterocycles. The van der Waals surface area contributed by atoms with Gasteiger partial charge in [-0.3, -0.25) is 35.4 Å².